The van der Waals surface area contributed by atoms with Gasteiger partial charge in [0.05, 0.1) is 0 Å². The number of rotatable bonds is 5. The van der Waals surface area contributed by atoms with Crippen LogP contribution < -0.4 is 5.32 Å². The Hall–Kier alpha value is -0.810. The predicted octanol–water partition coefficient (Wildman–Crippen LogP) is 2.73. The number of nitrogens with one attached hydrogen (secondary N) is 1. The maximum atomic E-state index is 12.6. The van der Waals surface area contributed by atoms with Crippen LogP contribution in [-0.4, -0.2) is 42.1 Å². The summed E-state index contributed by atoms with van der Waals surface area (Å²) in [5, 5.41) is 3.20. The van der Waals surface area contributed by atoms with E-state index in [4.69, 9.17) is 0 Å². The van der Waals surface area contributed by atoms with E-state index in [0.29, 0.717) is 0 Å². The molecule has 1 amide bonds. The average molecular weight is 342 g/mol. The molecule has 1 aromatic heterocycles. The van der Waals surface area contributed by atoms with Gasteiger partial charge in [0.1, 0.15) is 5.69 Å². The van der Waals surface area contributed by atoms with Gasteiger partial charge in [-0.15, -0.1) is 0 Å². The highest BCUT2D eigenvalue weighted by molar-refractivity contribution is 9.10. The van der Waals surface area contributed by atoms with Crippen molar-refractivity contribution in [1.82, 2.24) is 14.8 Å². The van der Waals surface area contributed by atoms with Crippen LogP contribution in [0.1, 0.15) is 36.7 Å². The van der Waals surface area contributed by atoms with Gasteiger partial charge in [0.25, 0.3) is 5.91 Å². The number of likely N-dealkylation sites (tertiary alicyclic amines) is 1. The zero-order valence-electron chi connectivity index (χ0n) is 12.4. The van der Waals surface area contributed by atoms with Crippen molar-refractivity contribution < 1.29 is 4.79 Å². The van der Waals surface area contributed by atoms with Gasteiger partial charge in [-0.3, -0.25) is 4.79 Å². The second-order valence-corrected chi connectivity index (χ2v) is 6.37. The summed E-state index contributed by atoms with van der Waals surface area (Å²) in [5.41, 5.74) is 0.799. The first kappa shape index (κ1) is 15.6. The Bertz CT molecular complexity index is 450. The van der Waals surface area contributed by atoms with Crippen molar-refractivity contribution in [3.05, 3.63) is 22.4 Å². The third kappa shape index (κ3) is 3.64. The number of nitrogens with zero attached hydrogens (tertiary/aromatic N) is 2. The number of hydrogen-bond acceptors (Lipinski definition) is 2. The van der Waals surface area contributed by atoms with Gasteiger partial charge in [-0.1, -0.05) is 0 Å². The van der Waals surface area contributed by atoms with Crippen LogP contribution >= 0.6 is 15.9 Å². The van der Waals surface area contributed by atoms with E-state index in [1.807, 2.05) is 28.8 Å². The molecular formula is C15H24BrN3O. The number of carbonyl (C=O) groups excluding carboxylic acids is 1. The molecule has 0 saturated carbocycles. The van der Waals surface area contributed by atoms with Crippen molar-refractivity contribution in [2.45, 2.75) is 32.7 Å². The Balaban J connectivity index is 1.94. The smallest absolute Gasteiger partial charge is 0.270 e. The number of carbonyl (C=O) groups is 1. The molecule has 1 aliphatic heterocycles. The number of piperidine rings is 1. The molecule has 0 spiro atoms. The zero-order chi connectivity index (χ0) is 14.5. The lowest BCUT2D eigenvalue weighted by Gasteiger charge is -2.32. The molecule has 1 saturated heterocycles. The maximum Gasteiger partial charge on any atom is 0.270 e. The molecule has 2 heterocycles. The van der Waals surface area contributed by atoms with Crippen molar-refractivity contribution in [2.75, 3.05) is 26.7 Å². The molecule has 1 N–H and O–H groups in total. The van der Waals surface area contributed by atoms with Gasteiger partial charge >= 0.3 is 0 Å². The lowest BCUT2D eigenvalue weighted by Crippen LogP contribution is -2.39. The van der Waals surface area contributed by atoms with Crippen LogP contribution in [0.4, 0.5) is 0 Å². The molecule has 5 heteroatoms. The van der Waals surface area contributed by atoms with E-state index in [1.54, 1.807) is 0 Å². The zero-order valence-corrected chi connectivity index (χ0v) is 13.9. The highest BCUT2D eigenvalue weighted by Gasteiger charge is 2.25. The molecule has 1 fully saturated rings. The van der Waals surface area contributed by atoms with Gasteiger partial charge in [-0.2, -0.15) is 0 Å². The van der Waals surface area contributed by atoms with Gasteiger partial charge in [0, 0.05) is 30.3 Å². The summed E-state index contributed by atoms with van der Waals surface area (Å²) in [6.07, 6.45) is 5.45. The number of aromatic nitrogens is 1. The molecule has 0 aliphatic carbocycles. The third-order valence-corrected chi connectivity index (χ3v) is 4.56. The maximum absolute atomic E-state index is 12.6. The standard InChI is InChI=1S/C15H24BrN3O/c1-3-18-11-13(16)10-14(18)15(20)19-8-5-12(6-9-19)4-7-17-2/h10-12,17H,3-9H2,1-2H3. The SMILES string of the molecule is CCn1cc(Br)cc1C(=O)N1CCC(CCNC)CC1. The quantitative estimate of drug-likeness (QED) is 0.893. The number of hydrogen-bond donors (Lipinski definition) is 1. The minimum atomic E-state index is 0.171. The minimum absolute atomic E-state index is 0.171. The Labute approximate surface area is 129 Å². The monoisotopic (exact) mass is 341 g/mol. The van der Waals surface area contributed by atoms with E-state index in [1.165, 1.54) is 6.42 Å². The first-order chi connectivity index (χ1) is 9.65. The van der Waals surface area contributed by atoms with Crippen LogP contribution in [0.5, 0.6) is 0 Å². The Morgan fingerprint density at radius 2 is 2.15 bits per heavy atom. The highest BCUT2D eigenvalue weighted by atomic mass is 79.9. The Kier molecular flexibility index (Phi) is 5.66. The van der Waals surface area contributed by atoms with E-state index in [-0.39, 0.29) is 5.91 Å². The van der Waals surface area contributed by atoms with E-state index >= 15 is 0 Å². The first-order valence-corrected chi connectivity index (χ1v) is 8.24. The normalized spacial score (nSPS) is 16.6. The summed E-state index contributed by atoms with van der Waals surface area (Å²) >= 11 is 3.46. The van der Waals surface area contributed by atoms with Crippen LogP contribution in [0.15, 0.2) is 16.7 Å². The van der Waals surface area contributed by atoms with Gasteiger partial charge in [-0.25, -0.2) is 0 Å². The summed E-state index contributed by atoms with van der Waals surface area (Å²) in [4.78, 5) is 14.6. The average Bonchev–Trinajstić information content (AvgIpc) is 2.86. The summed E-state index contributed by atoms with van der Waals surface area (Å²) < 4.78 is 2.99. The fourth-order valence-electron chi connectivity index (χ4n) is 2.85. The molecule has 0 bridgehead atoms. The van der Waals surface area contributed by atoms with Crippen LogP contribution in [0.3, 0.4) is 0 Å². The second kappa shape index (κ2) is 7.27. The topological polar surface area (TPSA) is 37.3 Å². The molecule has 0 atom stereocenters. The number of amides is 1. The summed E-state index contributed by atoms with van der Waals surface area (Å²) in [6.45, 7) is 5.74. The van der Waals surface area contributed by atoms with Crippen molar-refractivity contribution in [1.29, 1.82) is 0 Å². The van der Waals surface area contributed by atoms with Crippen molar-refractivity contribution in [3.63, 3.8) is 0 Å². The molecular weight excluding hydrogens is 318 g/mol. The Morgan fingerprint density at radius 3 is 2.75 bits per heavy atom. The first-order valence-electron chi connectivity index (χ1n) is 7.45. The van der Waals surface area contributed by atoms with Crippen molar-refractivity contribution in [2.24, 2.45) is 5.92 Å². The highest BCUT2D eigenvalue weighted by Crippen LogP contribution is 2.23. The predicted molar refractivity (Wildman–Crippen MR) is 85.0 cm³/mol. The minimum Gasteiger partial charge on any atom is -0.343 e. The largest absolute Gasteiger partial charge is 0.343 e. The van der Waals surface area contributed by atoms with Crippen LogP contribution in [0, 0.1) is 5.92 Å². The summed E-state index contributed by atoms with van der Waals surface area (Å²) in [6, 6.07) is 1.93. The van der Waals surface area contributed by atoms with Gasteiger partial charge in [0.2, 0.25) is 0 Å². The van der Waals surface area contributed by atoms with Crippen LogP contribution in [-0.2, 0) is 6.54 Å². The molecule has 0 radical (unpaired) electrons. The molecule has 20 heavy (non-hydrogen) atoms. The van der Waals surface area contributed by atoms with E-state index < -0.39 is 0 Å². The lowest BCUT2D eigenvalue weighted by molar-refractivity contribution is 0.0676. The van der Waals surface area contributed by atoms with Crippen LogP contribution in [0.25, 0.3) is 0 Å². The van der Waals surface area contributed by atoms with E-state index in [2.05, 4.69) is 28.2 Å². The van der Waals surface area contributed by atoms with E-state index in [9.17, 15) is 4.79 Å². The third-order valence-electron chi connectivity index (χ3n) is 4.13. The lowest BCUT2D eigenvalue weighted by atomic mass is 9.93. The van der Waals surface area contributed by atoms with Gasteiger partial charge < -0.3 is 14.8 Å². The molecule has 0 unspecified atom stereocenters. The fourth-order valence-corrected chi connectivity index (χ4v) is 3.31. The second-order valence-electron chi connectivity index (χ2n) is 5.46. The van der Waals surface area contributed by atoms with Crippen LogP contribution in [0.2, 0.25) is 0 Å². The summed E-state index contributed by atoms with van der Waals surface area (Å²) in [7, 11) is 2.00. The molecule has 0 aromatic carbocycles. The number of halogens is 1. The summed E-state index contributed by atoms with van der Waals surface area (Å²) in [5.74, 6) is 0.931. The van der Waals surface area contributed by atoms with Crippen molar-refractivity contribution in [3.8, 4) is 0 Å². The fraction of sp³-hybridized carbons (Fsp3) is 0.667. The van der Waals surface area contributed by atoms with E-state index in [0.717, 1.165) is 55.1 Å². The molecule has 1 aromatic rings. The molecule has 1 aliphatic rings. The molecule has 112 valence electrons. The van der Waals surface area contributed by atoms with Gasteiger partial charge in [0.15, 0.2) is 0 Å². The van der Waals surface area contributed by atoms with Gasteiger partial charge in [-0.05, 0) is 67.7 Å². The molecule has 4 nitrogen and oxygen atoms in total. The van der Waals surface area contributed by atoms with Crippen molar-refractivity contribution >= 4 is 21.8 Å². The molecule has 2 rings (SSSR count). The Morgan fingerprint density at radius 1 is 1.45 bits per heavy atom. The number of aryl methyl sites for hydroxylation is 1.